The highest BCUT2D eigenvalue weighted by atomic mass is 35.5. The van der Waals surface area contributed by atoms with Crippen molar-refractivity contribution in [2.24, 2.45) is 0 Å². The first-order valence-corrected chi connectivity index (χ1v) is 10.7. The fourth-order valence-corrected chi connectivity index (χ4v) is 3.83. The molecule has 0 unspecified atom stereocenters. The number of rotatable bonds is 6. The molecule has 1 N–H and O–H groups in total. The van der Waals surface area contributed by atoms with Gasteiger partial charge in [0.05, 0.1) is 12.1 Å². The highest BCUT2D eigenvalue weighted by Gasteiger charge is 2.39. The quantitative estimate of drug-likeness (QED) is 0.491. The molecule has 1 heterocycles. The highest BCUT2D eigenvalue weighted by Crippen LogP contribution is 2.33. The molecule has 5 nitrogen and oxygen atoms in total. The lowest BCUT2D eigenvalue weighted by Gasteiger charge is -2.16. The molecule has 0 saturated heterocycles. The Morgan fingerprint density at radius 1 is 0.844 bits per heavy atom. The Bertz CT molecular complexity index is 1200. The van der Waals surface area contributed by atoms with Crippen LogP contribution in [0.15, 0.2) is 78.5 Å². The Morgan fingerprint density at radius 3 is 2.12 bits per heavy atom. The summed E-state index contributed by atoms with van der Waals surface area (Å²) in [6, 6.07) is 21.7. The first-order chi connectivity index (χ1) is 15.3. The number of nitrogens with zero attached hydrogens (tertiary/aromatic N) is 2. The van der Waals surface area contributed by atoms with Crippen molar-refractivity contribution in [2.75, 3.05) is 24.3 Å². The molecular weight excluding hydrogens is 445 g/mol. The first kappa shape index (κ1) is 21.9. The van der Waals surface area contributed by atoms with E-state index in [1.807, 2.05) is 49.3 Å². The number of anilines is 2. The maximum Gasteiger partial charge on any atom is 0.278 e. The lowest BCUT2D eigenvalue weighted by molar-refractivity contribution is -0.137. The second-order valence-electron chi connectivity index (χ2n) is 7.61. The van der Waals surface area contributed by atoms with Crippen LogP contribution in [-0.2, 0) is 16.1 Å². The number of hydrogen-bond donors (Lipinski definition) is 1. The normalized spacial score (nSPS) is 13.7. The molecule has 0 aromatic heterocycles. The maximum absolute atomic E-state index is 13.4. The number of hydrogen-bond acceptors (Lipinski definition) is 4. The van der Waals surface area contributed by atoms with E-state index in [0.29, 0.717) is 32.4 Å². The fraction of sp³-hybridized carbons (Fsp3) is 0.120. The van der Waals surface area contributed by atoms with Crippen molar-refractivity contribution >= 4 is 52.0 Å². The van der Waals surface area contributed by atoms with Crippen molar-refractivity contribution in [3.8, 4) is 0 Å². The second-order valence-corrected chi connectivity index (χ2v) is 8.45. The minimum Gasteiger partial charge on any atom is -0.378 e. The van der Waals surface area contributed by atoms with E-state index in [1.165, 1.54) is 4.90 Å². The zero-order valence-electron chi connectivity index (χ0n) is 17.6. The Kier molecular flexibility index (Phi) is 6.21. The molecule has 0 spiro atoms. The van der Waals surface area contributed by atoms with Crippen LogP contribution in [0.2, 0.25) is 10.0 Å². The molecule has 4 rings (SSSR count). The van der Waals surface area contributed by atoms with E-state index in [4.69, 9.17) is 23.2 Å². The topological polar surface area (TPSA) is 52.7 Å². The lowest BCUT2D eigenvalue weighted by atomic mass is 10.0. The minimum absolute atomic E-state index is 0.0825. The van der Waals surface area contributed by atoms with Gasteiger partial charge in [-0.3, -0.25) is 14.5 Å². The summed E-state index contributed by atoms with van der Waals surface area (Å²) >= 11 is 12.3. The summed E-state index contributed by atoms with van der Waals surface area (Å²) in [6.07, 6.45) is 0. The van der Waals surface area contributed by atoms with Gasteiger partial charge in [0, 0.05) is 35.5 Å². The third kappa shape index (κ3) is 4.35. The molecule has 2 amide bonds. The molecule has 3 aromatic rings. The standard InChI is InChI=1S/C25H21Cl2N3O2/c1-29(2)20-13-11-19(12-14-20)28-23-22(16-7-9-18(26)10-8-16)24(31)30(25(23)32)15-17-5-3-4-6-21(17)27/h3-14,28H,15H2,1-2H3. The Labute approximate surface area is 196 Å². The van der Waals surface area contributed by atoms with Crippen molar-refractivity contribution < 1.29 is 9.59 Å². The molecule has 1 aliphatic heterocycles. The smallest absolute Gasteiger partial charge is 0.278 e. The summed E-state index contributed by atoms with van der Waals surface area (Å²) in [7, 11) is 3.91. The first-order valence-electron chi connectivity index (χ1n) is 9.99. The molecule has 0 aliphatic carbocycles. The number of carbonyl (C=O) groups excluding carboxylic acids is 2. The predicted octanol–water partition coefficient (Wildman–Crippen LogP) is 5.45. The van der Waals surface area contributed by atoms with Gasteiger partial charge in [-0.25, -0.2) is 0 Å². The van der Waals surface area contributed by atoms with Crippen LogP contribution < -0.4 is 10.2 Å². The van der Waals surface area contributed by atoms with Gasteiger partial charge >= 0.3 is 0 Å². The molecule has 0 saturated carbocycles. The summed E-state index contributed by atoms with van der Waals surface area (Å²) in [6.45, 7) is 0.0825. The summed E-state index contributed by atoms with van der Waals surface area (Å²) in [5.74, 6) is -0.791. The zero-order valence-corrected chi connectivity index (χ0v) is 19.1. The van der Waals surface area contributed by atoms with Gasteiger partial charge in [-0.05, 0) is 53.6 Å². The molecule has 0 bridgehead atoms. The van der Waals surface area contributed by atoms with Crippen LogP contribution in [0.4, 0.5) is 11.4 Å². The van der Waals surface area contributed by atoms with Crippen LogP contribution in [0, 0.1) is 0 Å². The van der Waals surface area contributed by atoms with Crippen LogP contribution in [0.5, 0.6) is 0 Å². The number of benzene rings is 3. The van der Waals surface area contributed by atoms with E-state index in [-0.39, 0.29) is 18.1 Å². The van der Waals surface area contributed by atoms with Crippen LogP contribution >= 0.6 is 23.2 Å². The van der Waals surface area contributed by atoms with Crippen molar-refractivity contribution in [1.82, 2.24) is 4.90 Å². The third-order valence-electron chi connectivity index (χ3n) is 5.24. The van der Waals surface area contributed by atoms with Gasteiger partial charge in [0.15, 0.2) is 0 Å². The largest absolute Gasteiger partial charge is 0.378 e. The van der Waals surface area contributed by atoms with E-state index < -0.39 is 5.91 Å². The molecule has 32 heavy (non-hydrogen) atoms. The molecule has 1 aliphatic rings. The Morgan fingerprint density at radius 2 is 1.50 bits per heavy atom. The summed E-state index contributed by atoms with van der Waals surface area (Å²) in [5.41, 5.74) is 3.57. The maximum atomic E-state index is 13.4. The van der Waals surface area contributed by atoms with E-state index in [9.17, 15) is 9.59 Å². The van der Waals surface area contributed by atoms with Crippen molar-refractivity contribution in [2.45, 2.75) is 6.54 Å². The number of imide groups is 1. The Hall–Kier alpha value is -3.28. The molecule has 0 radical (unpaired) electrons. The lowest BCUT2D eigenvalue weighted by Crippen LogP contribution is -2.32. The number of halogens is 2. The molecule has 162 valence electrons. The van der Waals surface area contributed by atoms with Gasteiger partial charge < -0.3 is 10.2 Å². The molecular formula is C25H21Cl2N3O2. The predicted molar refractivity (Wildman–Crippen MR) is 130 cm³/mol. The van der Waals surface area contributed by atoms with Crippen LogP contribution in [0.25, 0.3) is 5.57 Å². The minimum atomic E-state index is -0.406. The number of carbonyl (C=O) groups is 2. The van der Waals surface area contributed by atoms with Crippen LogP contribution in [0.3, 0.4) is 0 Å². The SMILES string of the molecule is CN(C)c1ccc(NC2=C(c3ccc(Cl)cc3)C(=O)N(Cc3ccccc3Cl)C2=O)cc1. The summed E-state index contributed by atoms with van der Waals surface area (Å²) in [5, 5.41) is 4.21. The molecule has 0 fully saturated rings. The van der Waals surface area contributed by atoms with Crippen molar-refractivity contribution in [3.05, 3.63) is 99.7 Å². The van der Waals surface area contributed by atoms with Gasteiger partial charge in [-0.2, -0.15) is 0 Å². The molecule has 3 aromatic carbocycles. The molecule has 0 atom stereocenters. The van der Waals surface area contributed by atoms with E-state index in [2.05, 4.69) is 5.32 Å². The van der Waals surface area contributed by atoms with Gasteiger partial charge in [0.2, 0.25) is 0 Å². The van der Waals surface area contributed by atoms with Crippen LogP contribution in [-0.4, -0.2) is 30.8 Å². The van der Waals surface area contributed by atoms with Gasteiger partial charge in [-0.1, -0.05) is 53.5 Å². The average molecular weight is 466 g/mol. The summed E-state index contributed by atoms with van der Waals surface area (Å²) in [4.78, 5) is 29.9. The van der Waals surface area contributed by atoms with Gasteiger partial charge in [0.1, 0.15) is 5.70 Å². The van der Waals surface area contributed by atoms with E-state index in [0.717, 1.165) is 5.69 Å². The third-order valence-corrected chi connectivity index (χ3v) is 5.86. The molecule has 7 heteroatoms. The fourth-order valence-electron chi connectivity index (χ4n) is 3.50. The summed E-state index contributed by atoms with van der Waals surface area (Å²) < 4.78 is 0. The Balaban J connectivity index is 1.72. The van der Waals surface area contributed by atoms with E-state index >= 15 is 0 Å². The second kappa shape index (κ2) is 9.07. The van der Waals surface area contributed by atoms with Gasteiger partial charge in [-0.15, -0.1) is 0 Å². The average Bonchev–Trinajstić information content (AvgIpc) is 3.00. The monoisotopic (exact) mass is 465 g/mol. The zero-order chi connectivity index (χ0) is 22.8. The number of amides is 2. The van der Waals surface area contributed by atoms with Crippen molar-refractivity contribution in [3.63, 3.8) is 0 Å². The van der Waals surface area contributed by atoms with Crippen LogP contribution in [0.1, 0.15) is 11.1 Å². The van der Waals surface area contributed by atoms with Gasteiger partial charge in [0.25, 0.3) is 11.8 Å². The highest BCUT2D eigenvalue weighted by molar-refractivity contribution is 6.37. The van der Waals surface area contributed by atoms with E-state index in [1.54, 1.807) is 42.5 Å². The number of nitrogens with one attached hydrogen (secondary N) is 1. The van der Waals surface area contributed by atoms with Crippen molar-refractivity contribution in [1.29, 1.82) is 0 Å².